The van der Waals surface area contributed by atoms with E-state index in [-0.39, 0.29) is 48.9 Å². The molecule has 168 valence electrons. The molecule has 6 heteroatoms. The molecule has 2 amide bonds. The molecule has 0 radical (unpaired) electrons. The zero-order chi connectivity index (χ0) is 22.2. The number of amides is 2. The molecule has 1 N–H and O–H groups in total. The van der Waals surface area contributed by atoms with E-state index < -0.39 is 0 Å². The fraction of sp³-hybridized carbons (Fsp3) is 0.462. The number of hydrogen-bond donors (Lipinski definition) is 1. The smallest absolute Gasteiger partial charge is 0.242 e. The lowest BCUT2D eigenvalue weighted by molar-refractivity contribution is -0.168. The van der Waals surface area contributed by atoms with Crippen molar-refractivity contribution in [2.45, 2.75) is 43.7 Å². The van der Waals surface area contributed by atoms with Gasteiger partial charge in [0.05, 0.1) is 32.3 Å². The first-order chi connectivity index (χ1) is 15.6. The summed E-state index contributed by atoms with van der Waals surface area (Å²) in [6.45, 7) is 0.637. The number of aliphatic hydroxyl groups excluding tert-OH is 1. The van der Waals surface area contributed by atoms with E-state index in [0.717, 1.165) is 48.1 Å². The highest BCUT2D eigenvalue weighted by Gasteiger charge is 2.54. The minimum atomic E-state index is -0.219. The van der Waals surface area contributed by atoms with Gasteiger partial charge in [-0.25, -0.2) is 0 Å². The molecule has 0 bridgehead atoms. The number of fused-ring (bicyclic) bond motifs is 1. The van der Waals surface area contributed by atoms with Gasteiger partial charge in [-0.15, -0.1) is 0 Å². The maximum Gasteiger partial charge on any atom is 0.242 e. The highest BCUT2D eigenvalue weighted by atomic mass is 16.5. The molecule has 3 fully saturated rings. The van der Waals surface area contributed by atoms with Crippen molar-refractivity contribution in [3.8, 4) is 16.9 Å². The summed E-state index contributed by atoms with van der Waals surface area (Å²) in [7, 11) is 1.65. The summed E-state index contributed by atoms with van der Waals surface area (Å²) in [5, 5.41) is 10.0. The number of carbonyl (C=O) groups is 2. The number of aliphatic hydroxyl groups is 1. The molecule has 1 aliphatic carbocycles. The first kappa shape index (κ1) is 21.0. The first-order valence-corrected chi connectivity index (χ1v) is 11.6. The second-order valence-electron chi connectivity index (χ2n) is 9.19. The topological polar surface area (TPSA) is 70.1 Å². The average molecular weight is 435 g/mol. The van der Waals surface area contributed by atoms with Crippen LogP contribution in [0.5, 0.6) is 5.75 Å². The van der Waals surface area contributed by atoms with Crippen LogP contribution in [-0.4, -0.2) is 65.6 Å². The Balaban J connectivity index is 1.35. The van der Waals surface area contributed by atoms with Gasteiger partial charge < -0.3 is 19.6 Å². The van der Waals surface area contributed by atoms with Crippen LogP contribution in [0.15, 0.2) is 48.5 Å². The Morgan fingerprint density at radius 2 is 1.66 bits per heavy atom. The Bertz CT molecular complexity index is 982. The molecule has 5 rings (SSSR count). The number of piperazine rings is 1. The normalized spacial score (nSPS) is 25.4. The first-order valence-electron chi connectivity index (χ1n) is 11.6. The van der Waals surface area contributed by atoms with Crippen LogP contribution in [0.25, 0.3) is 11.1 Å². The van der Waals surface area contributed by atoms with E-state index in [2.05, 4.69) is 24.3 Å². The molecule has 2 aliphatic heterocycles. The van der Waals surface area contributed by atoms with Gasteiger partial charge in [-0.2, -0.15) is 0 Å². The third-order valence-corrected chi connectivity index (χ3v) is 7.49. The van der Waals surface area contributed by atoms with Crippen molar-refractivity contribution in [1.82, 2.24) is 9.80 Å². The molecular formula is C26H30N2O4. The summed E-state index contributed by atoms with van der Waals surface area (Å²) < 4.78 is 5.24. The van der Waals surface area contributed by atoms with Crippen molar-refractivity contribution in [3.63, 3.8) is 0 Å². The number of methoxy groups -OCH3 is 1. The van der Waals surface area contributed by atoms with E-state index in [1.54, 1.807) is 16.9 Å². The second-order valence-corrected chi connectivity index (χ2v) is 9.19. The molecule has 0 aromatic heterocycles. The zero-order valence-electron chi connectivity index (χ0n) is 18.4. The molecule has 3 atom stereocenters. The van der Waals surface area contributed by atoms with Gasteiger partial charge in [0.1, 0.15) is 5.75 Å². The number of rotatable bonds is 5. The van der Waals surface area contributed by atoms with E-state index in [1.807, 2.05) is 24.3 Å². The Labute approximate surface area is 188 Å². The molecule has 2 heterocycles. The standard InChI is InChI=1S/C26H30N2O4/c1-32-21-12-10-18(11-13-21)17-6-8-19(9-7-17)25-22-14-27(26(31)20-4-2-3-5-20)15-24(30)28(22)23(25)16-29/h6-13,20,22-23,25,29H,2-5,14-16H2,1H3/t22-,23-,25+/m1/s1. The maximum absolute atomic E-state index is 13.0. The number of hydrogen-bond acceptors (Lipinski definition) is 4. The van der Waals surface area contributed by atoms with Crippen LogP contribution in [0.2, 0.25) is 0 Å². The van der Waals surface area contributed by atoms with E-state index in [0.29, 0.717) is 6.54 Å². The van der Waals surface area contributed by atoms with Crippen molar-refractivity contribution in [1.29, 1.82) is 0 Å². The predicted octanol–water partition coefficient (Wildman–Crippen LogP) is 3.05. The van der Waals surface area contributed by atoms with Gasteiger partial charge in [-0.05, 0) is 41.7 Å². The number of benzene rings is 2. The zero-order valence-corrected chi connectivity index (χ0v) is 18.4. The van der Waals surface area contributed by atoms with Crippen LogP contribution in [0, 0.1) is 5.92 Å². The second kappa shape index (κ2) is 8.58. The number of nitrogens with zero attached hydrogens (tertiary/aromatic N) is 2. The summed E-state index contributed by atoms with van der Waals surface area (Å²) >= 11 is 0. The summed E-state index contributed by atoms with van der Waals surface area (Å²) in [5.74, 6) is 1.03. The minimum Gasteiger partial charge on any atom is -0.497 e. The van der Waals surface area contributed by atoms with Gasteiger partial charge in [0, 0.05) is 18.4 Å². The fourth-order valence-electron chi connectivity index (χ4n) is 5.78. The molecule has 0 spiro atoms. The molecule has 0 unspecified atom stereocenters. The molecule has 3 aliphatic rings. The monoisotopic (exact) mass is 434 g/mol. The summed E-state index contributed by atoms with van der Waals surface area (Å²) in [4.78, 5) is 29.4. The third kappa shape index (κ3) is 3.56. The van der Waals surface area contributed by atoms with Gasteiger partial charge in [-0.3, -0.25) is 9.59 Å². The lowest BCUT2D eigenvalue weighted by Gasteiger charge is -2.59. The van der Waals surface area contributed by atoms with Gasteiger partial charge in [0.2, 0.25) is 11.8 Å². The average Bonchev–Trinajstić information content (AvgIpc) is 3.35. The van der Waals surface area contributed by atoms with Crippen LogP contribution >= 0.6 is 0 Å². The van der Waals surface area contributed by atoms with E-state index in [9.17, 15) is 14.7 Å². The number of carbonyl (C=O) groups excluding carboxylic acids is 2. The molecule has 2 saturated heterocycles. The Morgan fingerprint density at radius 3 is 2.25 bits per heavy atom. The van der Waals surface area contributed by atoms with Crippen LogP contribution in [0.3, 0.4) is 0 Å². The maximum atomic E-state index is 13.0. The van der Waals surface area contributed by atoms with E-state index >= 15 is 0 Å². The fourth-order valence-corrected chi connectivity index (χ4v) is 5.78. The van der Waals surface area contributed by atoms with Crippen LogP contribution in [-0.2, 0) is 9.59 Å². The SMILES string of the molecule is COc1ccc(-c2ccc([C@@H]3[C@@H](CO)N4C(=O)CN(C(=O)C5CCCC5)C[C@H]34)cc2)cc1. The van der Waals surface area contributed by atoms with E-state index in [4.69, 9.17) is 4.74 Å². The predicted molar refractivity (Wildman–Crippen MR) is 121 cm³/mol. The summed E-state index contributed by atoms with van der Waals surface area (Å²) in [6, 6.07) is 16.0. The molecular weight excluding hydrogens is 404 g/mol. The van der Waals surface area contributed by atoms with Gasteiger partial charge >= 0.3 is 0 Å². The molecule has 32 heavy (non-hydrogen) atoms. The summed E-state index contributed by atoms with van der Waals surface area (Å²) in [6.07, 6.45) is 4.08. The lowest BCUT2D eigenvalue weighted by atomic mass is 9.73. The largest absolute Gasteiger partial charge is 0.497 e. The van der Waals surface area contributed by atoms with Gasteiger partial charge in [0.25, 0.3) is 0 Å². The Hall–Kier alpha value is -2.86. The third-order valence-electron chi connectivity index (χ3n) is 7.49. The van der Waals surface area contributed by atoms with Gasteiger partial charge in [0.15, 0.2) is 0 Å². The molecule has 6 nitrogen and oxygen atoms in total. The van der Waals surface area contributed by atoms with Crippen molar-refractivity contribution in [2.75, 3.05) is 26.8 Å². The highest BCUT2D eigenvalue weighted by molar-refractivity contribution is 5.88. The molecule has 1 saturated carbocycles. The minimum absolute atomic E-state index is 0.0352. The van der Waals surface area contributed by atoms with Gasteiger partial charge in [-0.1, -0.05) is 49.2 Å². The Morgan fingerprint density at radius 1 is 1.03 bits per heavy atom. The van der Waals surface area contributed by atoms with Crippen molar-refractivity contribution in [3.05, 3.63) is 54.1 Å². The van der Waals surface area contributed by atoms with Crippen molar-refractivity contribution >= 4 is 11.8 Å². The van der Waals surface area contributed by atoms with E-state index in [1.165, 1.54) is 0 Å². The molecule has 2 aromatic rings. The van der Waals surface area contributed by atoms with Crippen molar-refractivity contribution < 1.29 is 19.4 Å². The van der Waals surface area contributed by atoms with Crippen LogP contribution in [0.1, 0.15) is 37.2 Å². The summed E-state index contributed by atoms with van der Waals surface area (Å²) in [5.41, 5.74) is 3.31. The van der Waals surface area contributed by atoms with Crippen LogP contribution in [0.4, 0.5) is 0 Å². The van der Waals surface area contributed by atoms with Crippen molar-refractivity contribution in [2.24, 2.45) is 5.92 Å². The molecule has 2 aromatic carbocycles. The quantitative estimate of drug-likeness (QED) is 0.785. The van der Waals surface area contributed by atoms with Crippen LogP contribution < -0.4 is 4.74 Å². The Kier molecular flexibility index (Phi) is 5.64. The lowest BCUT2D eigenvalue weighted by Crippen LogP contribution is -2.73. The highest BCUT2D eigenvalue weighted by Crippen LogP contribution is 2.43. The number of ether oxygens (including phenoxy) is 1.